The van der Waals surface area contributed by atoms with Gasteiger partial charge in [-0.3, -0.25) is 14.2 Å². The molecule has 1 amide bonds. The van der Waals surface area contributed by atoms with Gasteiger partial charge in [0, 0.05) is 23.4 Å². The van der Waals surface area contributed by atoms with Gasteiger partial charge in [-0.2, -0.15) is 13.2 Å². The first-order chi connectivity index (χ1) is 12.8. The van der Waals surface area contributed by atoms with Crippen LogP contribution in [0.2, 0.25) is 0 Å². The molecule has 0 saturated carbocycles. The van der Waals surface area contributed by atoms with Crippen LogP contribution in [0.3, 0.4) is 0 Å². The van der Waals surface area contributed by atoms with Gasteiger partial charge in [0.05, 0.1) is 17.3 Å². The quantitative estimate of drug-likeness (QED) is 0.809. The predicted molar refractivity (Wildman–Crippen MR) is 95.0 cm³/mol. The van der Waals surface area contributed by atoms with Gasteiger partial charge in [0.2, 0.25) is 5.91 Å². The second-order valence-corrected chi connectivity index (χ2v) is 7.63. The van der Waals surface area contributed by atoms with Crippen LogP contribution < -0.4 is 10.9 Å². The summed E-state index contributed by atoms with van der Waals surface area (Å²) in [5.41, 5.74) is 1.07. The minimum atomic E-state index is -4.41. The molecule has 0 bridgehead atoms. The lowest BCUT2D eigenvalue weighted by molar-refractivity contribution is -0.137. The summed E-state index contributed by atoms with van der Waals surface area (Å²) in [7, 11) is 0. The van der Waals surface area contributed by atoms with E-state index in [1.165, 1.54) is 23.9 Å². The number of benzene rings is 1. The predicted octanol–water partition coefficient (Wildman–Crippen LogP) is 3.43. The number of alkyl halides is 3. The lowest BCUT2D eigenvalue weighted by Crippen LogP contribution is -2.30. The Kier molecular flexibility index (Phi) is 4.49. The third kappa shape index (κ3) is 3.47. The summed E-state index contributed by atoms with van der Waals surface area (Å²) in [6, 6.07) is 3.99. The molecule has 27 heavy (non-hydrogen) atoms. The number of aromatic nitrogens is 2. The maximum Gasteiger partial charge on any atom is 0.416 e. The van der Waals surface area contributed by atoms with Crippen LogP contribution in [0.4, 0.5) is 18.9 Å². The Labute approximate surface area is 157 Å². The highest BCUT2D eigenvalue weighted by molar-refractivity contribution is 7.99. The molecule has 0 saturated heterocycles. The Hall–Kier alpha value is -2.29. The molecule has 2 aliphatic rings. The second-order valence-electron chi connectivity index (χ2n) is 6.64. The van der Waals surface area contributed by atoms with Crippen molar-refractivity contribution >= 4 is 23.4 Å². The molecule has 1 atom stereocenters. The molecule has 1 aliphatic heterocycles. The van der Waals surface area contributed by atoms with Crippen LogP contribution in [0.25, 0.3) is 0 Å². The fourth-order valence-electron chi connectivity index (χ4n) is 3.47. The molecule has 1 N–H and O–H groups in total. The number of fused-ring (bicyclic) bond motifs is 2. The van der Waals surface area contributed by atoms with Crippen LogP contribution in [0.1, 0.15) is 35.7 Å². The summed E-state index contributed by atoms with van der Waals surface area (Å²) in [4.78, 5) is 29.6. The van der Waals surface area contributed by atoms with Gasteiger partial charge in [-0.05, 0) is 43.5 Å². The normalized spacial score (nSPS) is 18.3. The number of nitrogens with one attached hydrogen (secondary N) is 1. The average molecular weight is 395 g/mol. The van der Waals surface area contributed by atoms with Crippen LogP contribution in [0.5, 0.6) is 0 Å². The third-order valence-corrected chi connectivity index (χ3v) is 5.89. The van der Waals surface area contributed by atoms with Gasteiger partial charge in [0.15, 0.2) is 5.16 Å². The molecule has 4 rings (SSSR count). The highest BCUT2D eigenvalue weighted by atomic mass is 32.2. The van der Waals surface area contributed by atoms with Gasteiger partial charge in [-0.25, -0.2) is 4.98 Å². The number of amides is 1. The van der Waals surface area contributed by atoms with Crippen molar-refractivity contribution < 1.29 is 18.0 Å². The Morgan fingerprint density at radius 3 is 2.70 bits per heavy atom. The zero-order chi connectivity index (χ0) is 19.2. The van der Waals surface area contributed by atoms with Gasteiger partial charge >= 0.3 is 6.18 Å². The summed E-state index contributed by atoms with van der Waals surface area (Å²) in [5, 5.41) is 3.25. The highest BCUT2D eigenvalue weighted by Gasteiger charge is 2.32. The number of hydrogen-bond acceptors (Lipinski definition) is 4. The molecule has 2 aromatic rings. The molecule has 1 aliphatic carbocycles. The van der Waals surface area contributed by atoms with E-state index >= 15 is 0 Å². The molecule has 0 radical (unpaired) electrons. The smallest absolute Gasteiger partial charge is 0.326 e. The number of carbonyl (C=O) groups is 1. The lowest BCUT2D eigenvalue weighted by Gasteiger charge is -2.14. The zero-order valence-corrected chi connectivity index (χ0v) is 15.0. The first kappa shape index (κ1) is 18.1. The monoisotopic (exact) mass is 395 g/mol. The molecular formula is C18H16F3N3O2S. The van der Waals surface area contributed by atoms with Crippen LogP contribution >= 0.6 is 11.8 Å². The summed E-state index contributed by atoms with van der Waals surface area (Å²) >= 11 is 1.46. The number of hydrogen-bond donors (Lipinski definition) is 1. The lowest BCUT2D eigenvalue weighted by atomic mass is 10.1. The molecule has 0 fully saturated rings. The van der Waals surface area contributed by atoms with E-state index < -0.39 is 11.7 Å². The van der Waals surface area contributed by atoms with Gasteiger partial charge < -0.3 is 5.32 Å². The molecule has 9 heteroatoms. The Morgan fingerprint density at radius 1 is 1.26 bits per heavy atom. The number of halogens is 3. The Bertz CT molecular complexity index is 954. The van der Waals surface area contributed by atoms with E-state index in [2.05, 4.69) is 10.3 Å². The minimum absolute atomic E-state index is 0.0650. The number of thioether (sulfide) groups is 1. The summed E-state index contributed by atoms with van der Waals surface area (Å²) in [5.74, 6) is 0.228. The van der Waals surface area contributed by atoms with Gasteiger partial charge in [0.1, 0.15) is 0 Å². The maximum absolute atomic E-state index is 12.7. The number of rotatable bonds is 3. The van der Waals surface area contributed by atoms with Crippen molar-refractivity contribution in [1.29, 1.82) is 0 Å². The van der Waals surface area contributed by atoms with Crippen molar-refractivity contribution in [1.82, 2.24) is 9.55 Å². The molecule has 1 aromatic heterocycles. The first-order valence-corrected chi connectivity index (χ1v) is 9.55. The van der Waals surface area contributed by atoms with E-state index in [4.69, 9.17) is 0 Å². The molecule has 5 nitrogen and oxygen atoms in total. The molecule has 1 aromatic carbocycles. The largest absolute Gasteiger partial charge is 0.416 e. The van der Waals surface area contributed by atoms with Crippen molar-refractivity contribution in [3.63, 3.8) is 0 Å². The summed E-state index contributed by atoms with van der Waals surface area (Å²) in [6.07, 6.45) is -1.89. The Balaban J connectivity index is 1.47. The molecular weight excluding hydrogens is 379 g/mol. The maximum atomic E-state index is 12.7. The van der Waals surface area contributed by atoms with Crippen molar-refractivity contribution in [2.45, 2.75) is 43.1 Å². The average Bonchev–Trinajstić information content (AvgIpc) is 3.22. The van der Waals surface area contributed by atoms with Crippen molar-refractivity contribution in [2.24, 2.45) is 0 Å². The second kappa shape index (κ2) is 6.70. The van der Waals surface area contributed by atoms with E-state index in [-0.39, 0.29) is 23.9 Å². The third-order valence-electron chi connectivity index (χ3n) is 4.79. The molecule has 2 heterocycles. The van der Waals surface area contributed by atoms with Crippen molar-refractivity contribution in [2.75, 3.05) is 11.1 Å². The van der Waals surface area contributed by atoms with E-state index in [1.54, 1.807) is 4.57 Å². The number of aryl methyl sites for hydroxylation is 1. The number of nitrogens with zero attached hydrogens (tertiary/aromatic N) is 2. The standard InChI is InChI=1S/C18H16F3N3O2S/c19-18(20,21)10-4-6-11(7-5-10)22-15(25)8-12-9-27-17-23-14-3-1-2-13(14)16(26)24(12)17/h4-7,12H,1-3,8-9H2,(H,22,25). The van der Waals surface area contributed by atoms with E-state index in [0.29, 0.717) is 16.6 Å². The number of carbonyl (C=O) groups excluding carboxylic acids is 1. The van der Waals surface area contributed by atoms with Crippen molar-refractivity contribution in [3.8, 4) is 0 Å². The molecule has 0 spiro atoms. The van der Waals surface area contributed by atoms with Crippen LogP contribution in [-0.4, -0.2) is 21.2 Å². The number of anilines is 1. The van der Waals surface area contributed by atoms with Crippen LogP contribution in [0.15, 0.2) is 34.2 Å². The van der Waals surface area contributed by atoms with Gasteiger partial charge in [-0.15, -0.1) is 0 Å². The Morgan fingerprint density at radius 2 is 2.00 bits per heavy atom. The van der Waals surface area contributed by atoms with Crippen LogP contribution in [0, 0.1) is 0 Å². The summed E-state index contributed by atoms with van der Waals surface area (Å²) in [6.45, 7) is 0. The van der Waals surface area contributed by atoms with Crippen molar-refractivity contribution in [3.05, 3.63) is 51.4 Å². The first-order valence-electron chi connectivity index (χ1n) is 8.57. The molecule has 1 unspecified atom stereocenters. The van der Waals surface area contributed by atoms with Crippen LogP contribution in [-0.2, 0) is 23.8 Å². The zero-order valence-electron chi connectivity index (χ0n) is 14.2. The summed E-state index contributed by atoms with van der Waals surface area (Å²) < 4.78 is 39.4. The van der Waals surface area contributed by atoms with E-state index in [9.17, 15) is 22.8 Å². The highest BCUT2D eigenvalue weighted by Crippen LogP contribution is 2.34. The van der Waals surface area contributed by atoms with Gasteiger partial charge in [-0.1, -0.05) is 11.8 Å². The molecule has 142 valence electrons. The topological polar surface area (TPSA) is 64.0 Å². The van der Waals surface area contributed by atoms with Gasteiger partial charge in [0.25, 0.3) is 5.56 Å². The SMILES string of the molecule is O=C(CC1CSc2nc3c(c(=O)n21)CCC3)Nc1ccc(C(F)(F)F)cc1. The van der Waals surface area contributed by atoms with E-state index in [0.717, 1.165) is 42.7 Å². The van der Waals surface area contributed by atoms with E-state index in [1.807, 2.05) is 0 Å². The fourth-order valence-corrected chi connectivity index (χ4v) is 4.63. The minimum Gasteiger partial charge on any atom is -0.326 e. The fraction of sp³-hybridized carbons (Fsp3) is 0.389.